The van der Waals surface area contributed by atoms with Gasteiger partial charge >= 0.3 is 0 Å². The van der Waals surface area contributed by atoms with Crippen LogP contribution >= 0.6 is 0 Å². The summed E-state index contributed by atoms with van der Waals surface area (Å²) in [7, 11) is 1.96. The lowest BCUT2D eigenvalue weighted by Crippen LogP contribution is -2.39. The Morgan fingerprint density at radius 3 is 2.79 bits per heavy atom. The summed E-state index contributed by atoms with van der Waals surface area (Å²) in [4.78, 5) is 11.0. The maximum absolute atomic E-state index is 11.0. The van der Waals surface area contributed by atoms with Crippen molar-refractivity contribution in [2.24, 2.45) is 5.92 Å². The fourth-order valence-corrected chi connectivity index (χ4v) is 1.71. The van der Waals surface area contributed by atoms with Crippen LogP contribution in [0.1, 0.15) is 19.8 Å². The maximum atomic E-state index is 11.0. The average Bonchev–Trinajstić information content (AvgIpc) is 2.09. The van der Waals surface area contributed by atoms with Gasteiger partial charge < -0.3 is 15.4 Å². The molecule has 14 heavy (non-hydrogen) atoms. The fraction of sp³-hybridized carbons (Fsp3) is 0.900. The fourth-order valence-electron chi connectivity index (χ4n) is 1.71. The topological polar surface area (TPSA) is 50.4 Å². The van der Waals surface area contributed by atoms with E-state index in [2.05, 4.69) is 10.6 Å². The number of hydrogen-bond donors (Lipinski definition) is 2. The minimum atomic E-state index is -0.00966. The Labute approximate surface area is 85.4 Å². The number of amides is 1. The van der Waals surface area contributed by atoms with E-state index in [9.17, 15) is 4.79 Å². The van der Waals surface area contributed by atoms with Crippen LogP contribution in [0.4, 0.5) is 0 Å². The average molecular weight is 200 g/mol. The third-order valence-corrected chi connectivity index (χ3v) is 2.51. The van der Waals surface area contributed by atoms with Crippen molar-refractivity contribution in [2.45, 2.75) is 25.9 Å². The molecule has 0 heterocycles. The van der Waals surface area contributed by atoms with Crippen molar-refractivity contribution in [1.29, 1.82) is 0 Å². The number of rotatable bonds is 6. The minimum absolute atomic E-state index is 0.00966. The first-order chi connectivity index (χ1) is 6.76. The Hall–Kier alpha value is -0.610. The molecule has 0 atom stereocenters. The molecule has 0 aromatic carbocycles. The summed E-state index contributed by atoms with van der Waals surface area (Å²) in [5, 5.41) is 5.85. The van der Waals surface area contributed by atoms with Gasteiger partial charge in [-0.3, -0.25) is 4.79 Å². The molecule has 1 aliphatic carbocycles. The lowest BCUT2D eigenvalue weighted by Gasteiger charge is -2.34. The van der Waals surface area contributed by atoms with Gasteiger partial charge in [-0.15, -0.1) is 0 Å². The minimum Gasteiger partial charge on any atom is -0.368 e. The van der Waals surface area contributed by atoms with Gasteiger partial charge in [0.15, 0.2) is 0 Å². The first kappa shape index (κ1) is 11.5. The van der Waals surface area contributed by atoms with E-state index in [1.807, 2.05) is 14.0 Å². The molecule has 4 nitrogen and oxygen atoms in total. The molecule has 0 bridgehead atoms. The summed E-state index contributed by atoms with van der Waals surface area (Å²) in [6.07, 6.45) is 2.47. The molecule has 0 saturated heterocycles. The Morgan fingerprint density at radius 2 is 2.21 bits per heavy atom. The quantitative estimate of drug-likeness (QED) is 0.641. The molecule has 1 amide bonds. The molecule has 2 N–H and O–H groups in total. The monoisotopic (exact) mass is 200 g/mol. The Morgan fingerprint density at radius 1 is 1.50 bits per heavy atom. The van der Waals surface area contributed by atoms with Crippen LogP contribution in [0.2, 0.25) is 0 Å². The van der Waals surface area contributed by atoms with Crippen LogP contribution in [0, 0.1) is 5.92 Å². The highest BCUT2D eigenvalue weighted by molar-refractivity contribution is 5.77. The van der Waals surface area contributed by atoms with Crippen LogP contribution in [0.3, 0.4) is 0 Å². The molecule has 0 radical (unpaired) electrons. The number of likely N-dealkylation sites (N-methyl/N-ethyl adjacent to an activating group) is 1. The highest BCUT2D eigenvalue weighted by atomic mass is 16.5. The molecule has 0 aromatic heterocycles. The SMILES string of the molecule is CCNC(=O)COC1CC(CNC)C1. The van der Waals surface area contributed by atoms with E-state index in [0.29, 0.717) is 12.6 Å². The summed E-state index contributed by atoms with van der Waals surface area (Å²) in [5.41, 5.74) is 0. The molecule has 1 saturated carbocycles. The van der Waals surface area contributed by atoms with E-state index in [-0.39, 0.29) is 12.5 Å². The molecule has 4 heteroatoms. The second-order valence-electron chi connectivity index (χ2n) is 3.78. The third-order valence-electron chi connectivity index (χ3n) is 2.51. The summed E-state index contributed by atoms with van der Waals surface area (Å²) in [6, 6.07) is 0. The summed E-state index contributed by atoms with van der Waals surface area (Å²) in [6.45, 7) is 3.85. The second-order valence-corrected chi connectivity index (χ2v) is 3.78. The second kappa shape index (κ2) is 5.98. The summed E-state index contributed by atoms with van der Waals surface area (Å²) >= 11 is 0. The van der Waals surface area contributed by atoms with Gasteiger partial charge in [-0.2, -0.15) is 0 Å². The normalized spacial score (nSPS) is 25.6. The van der Waals surface area contributed by atoms with Crippen molar-refractivity contribution >= 4 is 5.91 Å². The van der Waals surface area contributed by atoms with Gasteiger partial charge in [0.1, 0.15) is 6.61 Å². The van der Waals surface area contributed by atoms with E-state index < -0.39 is 0 Å². The van der Waals surface area contributed by atoms with Crippen molar-refractivity contribution in [1.82, 2.24) is 10.6 Å². The maximum Gasteiger partial charge on any atom is 0.246 e. The molecule has 82 valence electrons. The smallest absolute Gasteiger partial charge is 0.246 e. The number of ether oxygens (including phenoxy) is 1. The van der Waals surface area contributed by atoms with Crippen LogP contribution in [0.25, 0.3) is 0 Å². The van der Waals surface area contributed by atoms with Crippen molar-refractivity contribution in [3.8, 4) is 0 Å². The molecule has 0 aromatic rings. The number of hydrogen-bond acceptors (Lipinski definition) is 3. The highest BCUT2D eigenvalue weighted by Gasteiger charge is 2.29. The Kier molecular flexibility index (Phi) is 4.90. The molecular weight excluding hydrogens is 180 g/mol. The highest BCUT2D eigenvalue weighted by Crippen LogP contribution is 2.29. The van der Waals surface area contributed by atoms with Gasteiger partial charge in [0.05, 0.1) is 6.10 Å². The van der Waals surface area contributed by atoms with E-state index in [0.717, 1.165) is 25.3 Å². The Bertz CT molecular complexity index is 179. The zero-order chi connectivity index (χ0) is 10.4. The van der Waals surface area contributed by atoms with E-state index in [4.69, 9.17) is 4.74 Å². The number of carbonyl (C=O) groups is 1. The molecule has 0 spiro atoms. The van der Waals surface area contributed by atoms with E-state index in [1.54, 1.807) is 0 Å². The van der Waals surface area contributed by atoms with Crippen LogP contribution < -0.4 is 10.6 Å². The van der Waals surface area contributed by atoms with Gasteiger partial charge in [0.2, 0.25) is 5.91 Å². The summed E-state index contributed by atoms with van der Waals surface area (Å²) in [5.74, 6) is 0.726. The molecule has 1 aliphatic rings. The predicted molar refractivity (Wildman–Crippen MR) is 55.1 cm³/mol. The zero-order valence-electron chi connectivity index (χ0n) is 9.01. The lowest BCUT2D eigenvalue weighted by molar-refractivity contribution is -0.130. The predicted octanol–water partition coefficient (Wildman–Crippen LogP) is 0.137. The van der Waals surface area contributed by atoms with Gasteiger partial charge in [0.25, 0.3) is 0 Å². The summed E-state index contributed by atoms with van der Waals surface area (Å²) < 4.78 is 5.43. The third kappa shape index (κ3) is 3.64. The van der Waals surface area contributed by atoms with Crippen LogP contribution in [-0.2, 0) is 9.53 Å². The van der Waals surface area contributed by atoms with Gasteiger partial charge in [0, 0.05) is 6.54 Å². The molecule has 1 fully saturated rings. The van der Waals surface area contributed by atoms with Crippen LogP contribution in [0.5, 0.6) is 0 Å². The standard InChI is InChI=1S/C10H20N2O2/c1-3-12-10(13)7-14-9-4-8(5-9)6-11-2/h8-9,11H,3-7H2,1-2H3,(H,12,13). The van der Waals surface area contributed by atoms with Crippen molar-refractivity contribution in [2.75, 3.05) is 26.7 Å². The van der Waals surface area contributed by atoms with Gasteiger partial charge in [-0.05, 0) is 39.3 Å². The molecule has 0 unspecified atom stereocenters. The lowest BCUT2D eigenvalue weighted by atomic mass is 9.82. The number of nitrogens with one attached hydrogen (secondary N) is 2. The first-order valence-corrected chi connectivity index (χ1v) is 5.29. The molecule has 0 aliphatic heterocycles. The largest absolute Gasteiger partial charge is 0.368 e. The van der Waals surface area contributed by atoms with Crippen molar-refractivity contribution < 1.29 is 9.53 Å². The van der Waals surface area contributed by atoms with Crippen molar-refractivity contribution in [3.05, 3.63) is 0 Å². The van der Waals surface area contributed by atoms with Gasteiger partial charge in [-0.1, -0.05) is 0 Å². The molecule has 1 rings (SSSR count). The van der Waals surface area contributed by atoms with Gasteiger partial charge in [-0.25, -0.2) is 0 Å². The van der Waals surface area contributed by atoms with Crippen LogP contribution in [-0.4, -0.2) is 38.8 Å². The van der Waals surface area contributed by atoms with Crippen LogP contribution in [0.15, 0.2) is 0 Å². The molecular formula is C10H20N2O2. The first-order valence-electron chi connectivity index (χ1n) is 5.29. The number of carbonyl (C=O) groups excluding carboxylic acids is 1. The zero-order valence-corrected chi connectivity index (χ0v) is 9.01. The van der Waals surface area contributed by atoms with Crippen molar-refractivity contribution in [3.63, 3.8) is 0 Å². The Balaban J connectivity index is 1.97. The van der Waals surface area contributed by atoms with E-state index >= 15 is 0 Å². The van der Waals surface area contributed by atoms with E-state index in [1.165, 1.54) is 0 Å².